The maximum Gasteiger partial charge on any atom is 0.194 e. The summed E-state index contributed by atoms with van der Waals surface area (Å²) < 4.78 is 10.3. The first-order valence-electron chi connectivity index (χ1n) is 12.0. The molecule has 5 nitrogen and oxygen atoms in total. The SMILES string of the molecule is COc1ccc(-c2c(C)nc3sc(C(C)(C)O)cn23)cc1SN(C)C1CCC(C2CC2)CC1. The monoisotopic (exact) mass is 485 g/mol. The van der Waals surface area contributed by atoms with Crippen molar-refractivity contribution in [2.45, 2.75) is 75.8 Å². The van der Waals surface area contributed by atoms with Crippen molar-refractivity contribution in [3.05, 3.63) is 35.0 Å². The number of benzene rings is 1. The number of rotatable bonds is 7. The van der Waals surface area contributed by atoms with Crippen molar-refractivity contribution in [1.82, 2.24) is 13.7 Å². The standard InChI is InChI=1S/C26H35N3O2S2/c1-16-24(29-15-23(26(2,3)30)32-25(29)27-16)19-10-13-21(31-5)22(14-19)33-28(4)20-11-8-18(9-12-20)17-6-7-17/h10,13-15,17-18,20,30H,6-9,11-12H2,1-5H3. The Morgan fingerprint density at radius 1 is 1.15 bits per heavy atom. The first kappa shape index (κ1) is 23.2. The summed E-state index contributed by atoms with van der Waals surface area (Å²) >= 11 is 3.35. The highest BCUT2D eigenvalue weighted by atomic mass is 32.2. The molecule has 178 valence electrons. The summed E-state index contributed by atoms with van der Waals surface area (Å²) in [6, 6.07) is 7.03. The zero-order chi connectivity index (χ0) is 23.3. The van der Waals surface area contributed by atoms with Crippen molar-refractivity contribution >= 4 is 28.2 Å². The van der Waals surface area contributed by atoms with Crippen molar-refractivity contribution in [3.8, 4) is 17.0 Å². The van der Waals surface area contributed by atoms with Gasteiger partial charge in [0.1, 0.15) is 5.75 Å². The zero-order valence-electron chi connectivity index (χ0n) is 20.3. The highest BCUT2D eigenvalue weighted by Gasteiger charge is 2.35. The van der Waals surface area contributed by atoms with Gasteiger partial charge in [0.15, 0.2) is 4.96 Å². The molecule has 0 saturated heterocycles. The quantitative estimate of drug-likeness (QED) is 0.386. The second-order valence-electron chi connectivity index (χ2n) is 10.3. The number of aromatic nitrogens is 2. The first-order valence-corrected chi connectivity index (χ1v) is 13.6. The van der Waals surface area contributed by atoms with Crippen LogP contribution in [0.2, 0.25) is 0 Å². The molecular formula is C26H35N3O2S2. The molecule has 2 fully saturated rings. The highest BCUT2D eigenvalue weighted by molar-refractivity contribution is 7.97. The van der Waals surface area contributed by atoms with E-state index in [-0.39, 0.29) is 0 Å². The fourth-order valence-corrected chi connectivity index (χ4v) is 7.33. The third kappa shape index (κ3) is 4.70. The van der Waals surface area contributed by atoms with Crippen LogP contribution in [-0.2, 0) is 5.60 Å². The lowest BCUT2D eigenvalue weighted by Gasteiger charge is -2.34. The van der Waals surface area contributed by atoms with Crippen LogP contribution in [0.25, 0.3) is 16.2 Å². The third-order valence-electron chi connectivity index (χ3n) is 7.33. The fraction of sp³-hybridized carbons (Fsp3) is 0.577. The lowest BCUT2D eigenvalue weighted by Crippen LogP contribution is -2.31. The summed E-state index contributed by atoms with van der Waals surface area (Å²) in [7, 11) is 3.98. The molecule has 2 aliphatic rings. The fourth-order valence-electron chi connectivity index (χ4n) is 5.21. The van der Waals surface area contributed by atoms with Gasteiger partial charge in [-0.25, -0.2) is 9.29 Å². The van der Waals surface area contributed by atoms with Gasteiger partial charge >= 0.3 is 0 Å². The smallest absolute Gasteiger partial charge is 0.194 e. The third-order valence-corrected chi connectivity index (χ3v) is 9.72. The molecule has 7 heteroatoms. The summed E-state index contributed by atoms with van der Waals surface area (Å²) in [5.41, 5.74) is 2.32. The van der Waals surface area contributed by atoms with Crippen molar-refractivity contribution < 1.29 is 9.84 Å². The maximum absolute atomic E-state index is 10.5. The molecule has 33 heavy (non-hydrogen) atoms. The highest BCUT2D eigenvalue weighted by Crippen LogP contribution is 2.46. The van der Waals surface area contributed by atoms with E-state index in [1.165, 1.54) is 38.5 Å². The molecule has 0 radical (unpaired) electrons. The van der Waals surface area contributed by atoms with E-state index in [1.54, 1.807) is 30.4 Å². The van der Waals surface area contributed by atoms with E-state index in [2.05, 4.69) is 40.9 Å². The van der Waals surface area contributed by atoms with E-state index in [0.717, 1.165) is 49.3 Å². The zero-order valence-corrected chi connectivity index (χ0v) is 21.9. The van der Waals surface area contributed by atoms with Crippen LogP contribution < -0.4 is 4.74 Å². The number of imidazole rings is 1. The number of hydrogen-bond acceptors (Lipinski definition) is 6. The Labute approximate surface area is 205 Å². The van der Waals surface area contributed by atoms with E-state index < -0.39 is 5.60 Å². The number of aliphatic hydroxyl groups is 1. The Bertz CT molecular complexity index is 1130. The molecule has 0 amide bonds. The van der Waals surface area contributed by atoms with Gasteiger partial charge in [0.25, 0.3) is 0 Å². The van der Waals surface area contributed by atoms with Crippen molar-refractivity contribution in [2.75, 3.05) is 14.2 Å². The van der Waals surface area contributed by atoms with Gasteiger partial charge in [0.05, 0.1) is 33.9 Å². The molecule has 0 bridgehead atoms. The summed E-state index contributed by atoms with van der Waals surface area (Å²) in [5, 5.41) is 10.5. The number of methoxy groups -OCH3 is 1. The minimum absolute atomic E-state index is 0.619. The molecule has 3 aromatic rings. The van der Waals surface area contributed by atoms with Crippen LogP contribution in [0.3, 0.4) is 0 Å². The largest absolute Gasteiger partial charge is 0.496 e. The van der Waals surface area contributed by atoms with Crippen molar-refractivity contribution in [1.29, 1.82) is 0 Å². The van der Waals surface area contributed by atoms with E-state index in [0.29, 0.717) is 6.04 Å². The number of thiazole rings is 1. The van der Waals surface area contributed by atoms with Gasteiger partial charge in [0.2, 0.25) is 0 Å². The van der Waals surface area contributed by atoms with Gasteiger partial charge in [-0.3, -0.25) is 4.40 Å². The Morgan fingerprint density at radius 3 is 2.42 bits per heavy atom. The van der Waals surface area contributed by atoms with E-state index >= 15 is 0 Å². The lowest BCUT2D eigenvalue weighted by molar-refractivity contribution is 0.0822. The van der Waals surface area contributed by atoms with Crippen LogP contribution in [0.4, 0.5) is 0 Å². The van der Waals surface area contributed by atoms with Crippen LogP contribution in [0.5, 0.6) is 5.75 Å². The van der Waals surface area contributed by atoms with Gasteiger partial charge in [-0.1, -0.05) is 11.3 Å². The Hall–Kier alpha value is -1.54. The average Bonchev–Trinajstić information content (AvgIpc) is 3.47. The predicted molar refractivity (Wildman–Crippen MR) is 137 cm³/mol. The molecule has 2 aromatic heterocycles. The second-order valence-corrected chi connectivity index (χ2v) is 12.5. The lowest BCUT2D eigenvalue weighted by atomic mass is 9.83. The number of fused-ring (bicyclic) bond motifs is 1. The minimum atomic E-state index is -0.876. The van der Waals surface area contributed by atoms with Crippen LogP contribution in [0, 0.1) is 18.8 Å². The summed E-state index contributed by atoms with van der Waals surface area (Å²) in [6.07, 6.45) is 10.3. The Kier molecular flexibility index (Phi) is 6.27. The van der Waals surface area contributed by atoms with Crippen LogP contribution in [0.15, 0.2) is 29.3 Å². The molecule has 0 atom stereocenters. The molecule has 0 spiro atoms. The van der Waals surface area contributed by atoms with Gasteiger partial charge in [-0.15, -0.1) is 0 Å². The molecule has 1 aromatic carbocycles. The summed E-state index contributed by atoms with van der Waals surface area (Å²) in [4.78, 5) is 7.74. The minimum Gasteiger partial charge on any atom is -0.496 e. The topological polar surface area (TPSA) is 50.0 Å². The van der Waals surface area contributed by atoms with Gasteiger partial charge in [0, 0.05) is 17.8 Å². The average molecular weight is 486 g/mol. The molecule has 0 unspecified atom stereocenters. The van der Waals surface area contributed by atoms with E-state index in [9.17, 15) is 5.11 Å². The Morgan fingerprint density at radius 2 is 1.82 bits per heavy atom. The van der Waals surface area contributed by atoms with Gasteiger partial charge in [-0.05, 0) is 108 Å². The van der Waals surface area contributed by atoms with E-state index in [1.807, 2.05) is 20.0 Å². The van der Waals surface area contributed by atoms with Crippen LogP contribution >= 0.6 is 23.3 Å². The molecule has 1 N–H and O–H groups in total. The number of aryl methyl sites for hydroxylation is 1. The molecular weight excluding hydrogens is 450 g/mol. The van der Waals surface area contributed by atoms with Gasteiger partial charge in [-0.2, -0.15) is 0 Å². The van der Waals surface area contributed by atoms with Crippen LogP contribution in [-0.4, -0.2) is 39.0 Å². The molecule has 0 aliphatic heterocycles. The maximum atomic E-state index is 10.5. The van der Waals surface area contributed by atoms with Gasteiger partial charge < -0.3 is 9.84 Å². The number of hydrogen-bond donors (Lipinski definition) is 1. The Balaban J connectivity index is 1.40. The molecule has 5 rings (SSSR count). The number of nitrogens with zero attached hydrogens (tertiary/aromatic N) is 3. The normalized spacial score (nSPS) is 21.8. The number of ether oxygens (including phenoxy) is 1. The molecule has 2 heterocycles. The predicted octanol–water partition coefficient (Wildman–Crippen LogP) is 6.51. The summed E-state index contributed by atoms with van der Waals surface area (Å²) in [6.45, 7) is 5.70. The van der Waals surface area contributed by atoms with Crippen molar-refractivity contribution in [2.24, 2.45) is 11.8 Å². The molecule has 2 aliphatic carbocycles. The van der Waals surface area contributed by atoms with E-state index in [4.69, 9.17) is 9.72 Å². The van der Waals surface area contributed by atoms with Crippen LogP contribution in [0.1, 0.15) is 62.9 Å². The second kappa shape index (κ2) is 8.91. The van der Waals surface area contributed by atoms with Crippen molar-refractivity contribution in [3.63, 3.8) is 0 Å². The first-order chi connectivity index (χ1) is 15.7. The molecule has 2 saturated carbocycles. The summed E-state index contributed by atoms with van der Waals surface area (Å²) in [5.74, 6) is 2.91.